The second kappa shape index (κ2) is 8.00. The van der Waals surface area contributed by atoms with Gasteiger partial charge in [-0.3, -0.25) is 9.59 Å². The van der Waals surface area contributed by atoms with Gasteiger partial charge in [0.05, 0.1) is 0 Å². The molecule has 4 amide bonds. The minimum absolute atomic E-state index is 0.0387. The fraction of sp³-hybridized carbons (Fsp3) is 0.500. The van der Waals surface area contributed by atoms with E-state index < -0.39 is 0 Å². The minimum Gasteiger partial charge on any atom is -0.350 e. The van der Waals surface area contributed by atoms with Gasteiger partial charge in [0.25, 0.3) is 5.91 Å². The molecule has 0 radical (unpaired) electrons. The van der Waals surface area contributed by atoms with E-state index in [1.807, 2.05) is 20.8 Å². The van der Waals surface area contributed by atoms with Crippen LogP contribution in [0.5, 0.6) is 0 Å². The van der Waals surface area contributed by atoms with Crippen LogP contribution in [-0.2, 0) is 4.79 Å². The molecule has 7 heteroatoms. The van der Waals surface area contributed by atoms with Crippen LogP contribution in [0, 0.1) is 5.92 Å². The van der Waals surface area contributed by atoms with Gasteiger partial charge in [0.2, 0.25) is 5.91 Å². The van der Waals surface area contributed by atoms with E-state index in [9.17, 15) is 14.4 Å². The molecule has 1 aromatic rings. The highest BCUT2D eigenvalue weighted by Crippen LogP contribution is 2.30. The number of amides is 4. The van der Waals surface area contributed by atoms with Crippen LogP contribution in [0.1, 0.15) is 44.0 Å². The Labute approximate surface area is 147 Å². The van der Waals surface area contributed by atoms with Crippen molar-refractivity contribution in [1.29, 1.82) is 0 Å². The van der Waals surface area contributed by atoms with E-state index in [4.69, 9.17) is 0 Å². The summed E-state index contributed by atoms with van der Waals surface area (Å²) in [7, 11) is 0. The molecule has 0 bridgehead atoms. The maximum atomic E-state index is 12.0. The Bertz CT molecular complexity index is 631. The van der Waals surface area contributed by atoms with Crippen molar-refractivity contribution in [2.75, 3.05) is 18.4 Å². The largest absolute Gasteiger partial charge is 0.350 e. The summed E-state index contributed by atoms with van der Waals surface area (Å²) < 4.78 is 0. The lowest BCUT2D eigenvalue weighted by atomic mass is 10.1. The Morgan fingerprint density at radius 1 is 1.00 bits per heavy atom. The number of benzene rings is 1. The second-order valence-electron chi connectivity index (χ2n) is 7.23. The third-order valence-electron chi connectivity index (χ3n) is 3.55. The predicted octanol–water partition coefficient (Wildman–Crippen LogP) is 1.86. The molecule has 1 aliphatic carbocycles. The first kappa shape index (κ1) is 18.8. The molecule has 0 spiro atoms. The van der Waals surface area contributed by atoms with Crippen LogP contribution in [-0.4, -0.2) is 36.5 Å². The van der Waals surface area contributed by atoms with Gasteiger partial charge in [-0.1, -0.05) is 0 Å². The summed E-state index contributed by atoms with van der Waals surface area (Å²) in [4.78, 5) is 35.3. The molecule has 25 heavy (non-hydrogen) atoms. The molecule has 0 aliphatic heterocycles. The quantitative estimate of drug-likeness (QED) is 0.592. The average Bonchev–Trinajstić information content (AvgIpc) is 3.35. The number of nitrogens with one attached hydrogen (secondary N) is 4. The number of carbonyl (C=O) groups excluding carboxylic acids is 3. The zero-order valence-corrected chi connectivity index (χ0v) is 14.9. The first-order valence-corrected chi connectivity index (χ1v) is 8.50. The van der Waals surface area contributed by atoms with Crippen molar-refractivity contribution in [3.63, 3.8) is 0 Å². The molecule has 0 atom stereocenters. The van der Waals surface area contributed by atoms with E-state index in [-0.39, 0.29) is 29.3 Å². The molecule has 7 nitrogen and oxygen atoms in total. The third kappa shape index (κ3) is 6.82. The summed E-state index contributed by atoms with van der Waals surface area (Å²) in [5.41, 5.74) is 0.891. The molecule has 1 saturated carbocycles. The van der Waals surface area contributed by atoms with Crippen molar-refractivity contribution < 1.29 is 14.4 Å². The molecule has 1 aliphatic rings. The zero-order chi connectivity index (χ0) is 18.4. The van der Waals surface area contributed by atoms with Crippen LogP contribution < -0.4 is 21.3 Å². The van der Waals surface area contributed by atoms with Gasteiger partial charge >= 0.3 is 6.03 Å². The van der Waals surface area contributed by atoms with Gasteiger partial charge in [-0.2, -0.15) is 0 Å². The van der Waals surface area contributed by atoms with Crippen molar-refractivity contribution in [1.82, 2.24) is 16.0 Å². The van der Waals surface area contributed by atoms with E-state index in [0.717, 1.165) is 12.8 Å². The van der Waals surface area contributed by atoms with Crippen molar-refractivity contribution in [2.24, 2.45) is 5.92 Å². The highest BCUT2D eigenvalue weighted by atomic mass is 16.2. The number of hydrogen-bond acceptors (Lipinski definition) is 3. The SMILES string of the molecule is CC(C)(C)NC(=O)NCCNC(=O)c1ccc(NC(=O)C2CC2)cc1. The smallest absolute Gasteiger partial charge is 0.315 e. The van der Waals surface area contributed by atoms with Crippen LogP contribution in [0.4, 0.5) is 10.5 Å². The highest BCUT2D eigenvalue weighted by molar-refractivity contribution is 5.96. The fourth-order valence-corrected chi connectivity index (χ4v) is 2.13. The first-order chi connectivity index (χ1) is 11.7. The van der Waals surface area contributed by atoms with Crippen LogP contribution >= 0.6 is 0 Å². The molecular weight excluding hydrogens is 320 g/mol. The van der Waals surface area contributed by atoms with Gasteiger partial charge < -0.3 is 21.3 Å². The lowest BCUT2D eigenvalue weighted by Crippen LogP contribution is -2.48. The van der Waals surface area contributed by atoms with Gasteiger partial charge in [-0.25, -0.2) is 4.79 Å². The summed E-state index contributed by atoms with van der Waals surface area (Å²) >= 11 is 0. The van der Waals surface area contributed by atoms with Crippen LogP contribution in [0.2, 0.25) is 0 Å². The number of carbonyl (C=O) groups is 3. The Hall–Kier alpha value is -2.57. The first-order valence-electron chi connectivity index (χ1n) is 8.50. The summed E-state index contributed by atoms with van der Waals surface area (Å²) in [6, 6.07) is 6.49. The number of anilines is 1. The number of urea groups is 1. The molecule has 2 rings (SSSR count). The Kier molecular flexibility index (Phi) is 6.01. The van der Waals surface area contributed by atoms with E-state index in [0.29, 0.717) is 24.3 Å². The molecule has 4 N–H and O–H groups in total. The molecular formula is C18H26N4O3. The highest BCUT2D eigenvalue weighted by Gasteiger charge is 2.29. The van der Waals surface area contributed by atoms with Gasteiger partial charge in [0, 0.05) is 35.8 Å². The topological polar surface area (TPSA) is 99.3 Å². The van der Waals surface area contributed by atoms with E-state index in [1.54, 1.807) is 24.3 Å². The van der Waals surface area contributed by atoms with Crippen LogP contribution in [0.15, 0.2) is 24.3 Å². The summed E-state index contributed by atoms with van der Waals surface area (Å²) in [6.45, 7) is 6.35. The van der Waals surface area contributed by atoms with E-state index in [2.05, 4.69) is 21.3 Å². The zero-order valence-electron chi connectivity index (χ0n) is 14.9. The Morgan fingerprint density at radius 3 is 2.16 bits per heavy atom. The van der Waals surface area contributed by atoms with Crippen molar-refractivity contribution >= 4 is 23.5 Å². The molecule has 136 valence electrons. The molecule has 0 aromatic heterocycles. The maximum absolute atomic E-state index is 12.0. The van der Waals surface area contributed by atoms with Crippen molar-refractivity contribution in [3.05, 3.63) is 29.8 Å². The molecule has 0 saturated heterocycles. The summed E-state index contributed by atoms with van der Waals surface area (Å²) in [5, 5.41) is 11.0. The lowest BCUT2D eigenvalue weighted by molar-refractivity contribution is -0.117. The Morgan fingerprint density at radius 2 is 1.60 bits per heavy atom. The predicted molar refractivity (Wildman–Crippen MR) is 96.4 cm³/mol. The van der Waals surface area contributed by atoms with Crippen molar-refractivity contribution in [3.8, 4) is 0 Å². The summed E-state index contributed by atoms with van der Waals surface area (Å²) in [6.07, 6.45) is 1.91. The summed E-state index contributed by atoms with van der Waals surface area (Å²) in [5.74, 6) is -0.0409. The van der Waals surface area contributed by atoms with Gasteiger partial charge in [0.1, 0.15) is 0 Å². The van der Waals surface area contributed by atoms with Crippen molar-refractivity contribution in [2.45, 2.75) is 39.2 Å². The average molecular weight is 346 g/mol. The fourth-order valence-electron chi connectivity index (χ4n) is 2.13. The normalized spacial score (nSPS) is 13.7. The molecule has 0 heterocycles. The third-order valence-corrected chi connectivity index (χ3v) is 3.55. The van der Waals surface area contributed by atoms with Gasteiger partial charge in [-0.15, -0.1) is 0 Å². The number of rotatable bonds is 6. The number of hydrogen-bond donors (Lipinski definition) is 4. The molecule has 0 unspecified atom stereocenters. The minimum atomic E-state index is -0.302. The van der Waals surface area contributed by atoms with Crippen LogP contribution in [0.3, 0.4) is 0 Å². The van der Waals surface area contributed by atoms with E-state index >= 15 is 0 Å². The van der Waals surface area contributed by atoms with Gasteiger partial charge in [-0.05, 0) is 57.9 Å². The van der Waals surface area contributed by atoms with E-state index in [1.165, 1.54) is 0 Å². The Balaban J connectivity index is 1.70. The lowest BCUT2D eigenvalue weighted by Gasteiger charge is -2.20. The maximum Gasteiger partial charge on any atom is 0.315 e. The molecule has 1 fully saturated rings. The standard InChI is InChI=1S/C18H26N4O3/c1-18(2,3)22-17(25)20-11-10-19-15(23)12-6-8-14(9-7-12)21-16(24)13-4-5-13/h6-9,13H,4-5,10-11H2,1-3H3,(H,19,23)(H,21,24)(H2,20,22,25). The molecule has 1 aromatic carbocycles. The monoisotopic (exact) mass is 346 g/mol. The van der Waals surface area contributed by atoms with Crippen LogP contribution in [0.25, 0.3) is 0 Å². The second-order valence-corrected chi connectivity index (χ2v) is 7.23. The van der Waals surface area contributed by atoms with Gasteiger partial charge in [0.15, 0.2) is 0 Å².